The molecular weight excluding hydrogens is 288 g/mol. The lowest BCUT2D eigenvalue weighted by Crippen LogP contribution is -2.04. The molecule has 1 aromatic heterocycles. The van der Waals surface area contributed by atoms with Gasteiger partial charge in [0.15, 0.2) is 0 Å². The van der Waals surface area contributed by atoms with E-state index in [0.29, 0.717) is 24.8 Å². The maximum atomic E-state index is 6.11. The van der Waals surface area contributed by atoms with Crippen LogP contribution in [0, 0.1) is 0 Å². The van der Waals surface area contributed by atoms with E-state index in [1.807, 2.05) is 38.1 Å². The van der Waals surface area contributed by atoms with Gasteiger partial charge in [-0.25, -0.2) is 0 Å². The van der Waals surface area contributed by atoms with Gasteiger partial charge >= 0.3 is 0 Å². The highest BCUT2D eigenvalue weighted by Crippen LogP contribution is 2.30. The van der Waals surface area contributed by atoms with E-state index in [-0.39, 0.29) is 0 Å². The van der Waals surface area contributed by atoms with Crippen LogP contribution in [0.5, 0.6) is 11.5 Å². The number of rotatable bonds is 7. The molecular formula is C16H19ClN2O2. The Hall–Kier alpha value is -1.94. The number of pyridine rings is 1. The van der Waals surface area contributed by atoms with Crippen LogP contribution in [0.3, 0.4) is 0 Å². The molecule has 1 heterocycles. The van der Waals surface area contributed by atoms with Gasteiger partial charge in [0.25, 0.3) is 0 Å². The first-order chi connectivity index (χ1) is 10.2. The molecule has 1 N–H and O–H groups in total. The molecule has 0 fully saturated rings. The Labute approximate surface area is 130 Å². The normalized spacial score (nSPS) is 10.2. The summed E-state index contributed by atoms with van der Waals surface area (Å²) in [5.74, 6) is 1.61. The van der Waals surface area contributed by atoms with Crippen molar-refractivity contribution < 1.29 is 9.47 Å². The minimum atomic E-state index is 0.594. The maximum Gasteiger partial charge on any atom is 0.142 e. The zero-order chi connectivity index (χ0) is 15.1. The van der Waals surface area contributed by atoms with Crippen LogP contribution in [-0.2, 0) is 6.54 Å². The Morgan fingerprint density at radius 3 is 2.67 bits per heavy atom. The number of hydrogen-bond donors (Lipinski definition) is 1. The molecule has 0 aliphatic carbocycles. The topological polar surface area (TPSA) is 43.4 Å². The lowest BCUT2D eigenvalue weighted by Gasteiger charge is -2.14. The van der Waals surface area contributed by atoms with Gasteiger partial charge in [-0.2, -0.15) is 0 Å². The van der Waals surface area contributed by atoms with Crippen LogP contribution in [0.1, 0.15) is 19.4 Å². The Balaban J connectivity index is 2.16. The average molecular weight is 307 g/mol. The third-order valence-electron chi connectivity index (χ3n) is 2.89. The van der Waals surface area contributed by atoms with Crippen molar-refractivity contribution in [2.24, 2.45) is 0 Å². The fourth-order valence-corrected chi connectivity index (χ4v) is 2.11. The molecule has 0 spiro atoms. The number of hydrogen-bond acceptors (Lipinski definition) is 4. The summed E-state index contributed by atoms with van der Waals surface area (Å²) in [5.41, 5.74) is 1.87. The van der Waals surface area contributed by atoms with Gasteiger partial charge in [0.2, 0.25) is 0 Å². The number of nitrogens with one attached hydrogen (secondary N) is 1. The lowest BCUT2D eigenvalue weighted by molar-refractivity contribution is 0.332. The lowest BCUT2D eigenvalue weighted by atomic mass is 10.2. The number of nitrogens with zero attached hydrogens (tertiary/aromatic N) is 1. The second kappa shape index (κ2) is 7.74. The Bertz CT molecular complexity index is 590. The largest absolute Gasteiger partial charge is 0.494 e. The zero-order valence-corrected chi connectivity index (χ0v) is 13.0. The van der Waals surface area contributed by atoms with E-state index in [2.05, 4.69) is 10.3 Å². The van der Waals surface area contributed by atoms with Crippen LogP contribution in [0.15, 0.2) is 36.7 Å². The maximum absolute atomic E-state index is 6.11. The van der Waals surface area contributed by atoms with Gasteiger partial charge in [-0.1, -0.05) is 11.6 Å². The molecule has 112 valence electrons. The summed E-state index contributed by atoms with van der Waals surface area (Å²) in [4.78, 5) is 3.98. The molecule has 0 saturated heterocycles. The summed E-state index contributed by atoms with van der Waals surface area (Å²) in [7, 11) is 0. The summed E-state index contributed by atoms with van der Waals surface area (Å²) in [5, 5.41) is 3.98. The molecule has 2 aromatic rings. The van der Waals surface area contributed by atoms with Crippen LogP contribution >= 0.6 is 11.6 Å². The highest BCUT2D eigenvalue weighted by molar-refractivity contribution is 6.31. The van der Waals surface area contributed by atoms with E-state index in [0.717, 1.165) is 22.7 Å². The van der Waals surface area contributed by atoms with Gasteiger partial charge in [0, 0.05) is 25.0 Å². The van der Waals surface area contributed by atoms with Crippen molar-refractivity contribution in [2.75, 3.05) is 18.5 Å². The number of ether oxygens (including phenoxy) is 2. The van der Waals surface area contributed by atoms with Crippen LogP contribution in [0.2, 0.25) is 5.02 Å². The van der Waals surface area contributed by atoms with Gasteiger partial charge in [-0.3, -0.25) is 4.98 Å². The van der Waals surface area contributed by atoms with E-state index in [1.54, 1.807) is 12.4 Å². The summed E-state index contributed by atoms with van der Waals surface area (Å²) in [6, 6.07) is 7.63. The summed E-state index contributed by atoms with van der Waals surface area (Å²) >= 11 is 6.11. The monoisotopic (exact) mass is 306 g/mol. The minimum Gasteiger partial charge on any atom is -0.494 e. The Kier molecular flexibility index (Phi) is 5.69. The van der Waals surface area contributed by atoms with Crippen molar-refractivity contribution in [3.05, 3.63) is 47.2 Å². The van der Waals surface area contributed by atoms with Gasteiger partial charge in [-0.15, -0.1) is 0 Å². The average Bonchev–Trinajstić information content (AvgIpc) is 2.49. The first-order valence-electron chi connectivity index (χ1n) is 6.96. The molecule has 0 amide bonds. The van der Waals surface area contributed by atoms with E-state index in [9.17, 15) is 0 Å². The fourth-order valence-electron chi connectivity index (χ4n) is 1.92. The van der Waals surface area contributed by atoms with Crippen molar-refractivity contribution in [3.8, 4) is 11.5 Å². The van der Waals surface area contributed by atoms with Crippen LogP contribution in [0.25, 0.3) is 0 Å². The SMILES string of the molecule is CCOc1ccc(OCC)c(NCc2ccncc2Cl)c1. The first kappa shape index (κ1) is 15.4. The van der Waals surface area contributed by atoms with E-state index < -0.39 is 0 Å². The molecule has 0 saturated carbocycles. The quantitative estimate of drug-likeness (QED) is 0.834. The van der Waals surface area contributed by atoms with Gasteiger partial charge in [0.1, 0.15) is 11.5 Å². The van der Waals surface area contributed by atoms with Crippen LogP contribution in [0.4, 0.5) is 5.69 Å². The molecule has 0 radical (unpaired) electrons. The third kappa shape index (κ3) is 4.26. The van der Waals surface area contributed by atoms with Crippen molar-refractivity contribution in [1.29, 1.82) is 0 Å². The van der Waals surface area contributed by atoms with Crippen LogP contribution in [-0.4, -0.2) is 18.2 Å². The molecule has 1 aromatic carbocycles. The van der Waals surface area contributed by atoms with Gasteiger partial charge < -0.3 is 14.8 Å². The van der Waals surface area contributed by atoms with Crippen molar-refractivity contribution in [1.82, 2.24) is 4.98 Å². The molecule has 0 unspecified atom stereocenters. The summed E-state index contributed by atoms with van der Waals surface area (Å²) < 4.78 is 11.1. The molecule has 21 heavy (non-hydrogen) atoms. The highest BCUT2D eigenvalue weighted by atomic mass is 35.5. The predicted octanol–water partition coefficient (Wildman–Crippen LogP) is 4.14. The van der Waals surface area contributed by atoms with E-state index >= 15 is 0 Å². The van der Waals surface area contributed by atoms with Crippen molar-refractivity contribution >= 4 is 17.3 Å². The predicted molar refractivity (Wildman–Crippen MR) is 85.4 cm³/mol. The molecule has 4 nitrogen and oxygen atoms in total. The van der Waals surface area contributed by atoms with Gasteiger partial charge in [0.05, 0.1) is 23.9 Å². The smallest absolute Gasteiger partial charge is 0.142 e. The number of halogens is 1. The summed E-state index contributed by atoms with van der Waals surface area (Å²) in [6.07, 6.45) is 3.36. The van der Waals surface area contributed by atoms with Gasteiger partial charge in [-0.05, 0) is 37.6 Å². The molecule has 0 bridgehead atoms. The Morgan fingerprint density at radius 1 is 1.14 bits per heavy atom. The van der Waals surface area contributed by atoms with Crippen LogP contribution < -0.4 is 14.8 Å². The van der Waals surface area contributed by atoms with E-state index in [1.165, 1.54) is 0 Å². The second-order valence-electron chi connectivity index (χ2n) is 4.34. The number of benzene rings is 1. The summed E-state index contributed by atoms with van der Waals surface area (Å²) in [6.45, 7) is 5.75. The Morgan fingerprint density at radius 2 is 1.95 bits per heavy atom. The van der Waals surface area contributed by atoms with Crippen molar-refractivity contribution in [2.45, 2.75) is 20.4 Å². The third-order valence-corrected chi connectivity index (χ3v) is 3.23. The molecule has 0 atom stereocenters. The molecule has 0 aliphatic rings. The molecule has 0 aliphatic heterocycles. The number of anilines is 1. The standard InChI is InChI=1S/C16H19ClN2O2/c1-3-20-13-5-6-16(21-4-2)15(9-13)19-10-12-7-8-18-11-14(12)17/h5-9,11,19H,3-4,10H2,1-2H3. The van der Waals surface area contributed by atoms with Crippen molar-refractivity contribution in [3.63, 3.8) is 0 Å². The minimum absolute atomic E-state index is 0.594. The second-order valence-corrected chi connectivity index (χ2v) is 4.75. The molecule has 5 heteroatoms. The van der Waals surface area contributed by atoms with E-state index in [4.69, 9.17) is 21.1 Å². The molecule has 2 rings (SSSR count). The first-order valence-corrected chi connectivity index (χ1v) is 7.34. The zero-order valence-electron chi connectivity index (χ0n) is 12.2. The fraction of sp³-hybridized carbons (Fsp3) is 0.312. The number of aromatic nitrogens is 1. The highest BCUT2D eigenvalue weighted by Gasteiger charge is 2.07.